The van der Waals surface area contributed by atoms with Gasteiger partial charge >= 0.3 is 5.69 Å². The number of hydrogen-bond acceptors (Lipinski definition) is 4. The maximum Gasteiger partial charge on any atom is 0.332 e. The summed E-state index contributed by atoms with van der Waals surface area (Å²) >= 11 is 0. The maximum atomic E-state index is 13.3. The third-order valence-electron chi connectivity index (χ3n) is 4.42. The third kappa shape index (κ3) is 3.00. The molecule has 0 aliphatic carbocycles. The Kier molecular flexibility index (Phi) is 4.62. The summed E-state index contributed by atoms with van der Waals surface area (Å²) in [4.78, 5) is 30.8. The van der Waals surface area contributed by atoms with Crippen molar-refractivity contribution < 1.29 is 8.78 Å². The second-order valence-corrected chi connectivity index (χ2v) is 6.20. The Labute approximate surface area is 147 Å². The number of aromatic nitrogens is 4. The van der Waals surface area contributed by atoms with E-state index >= 15 is 0 Å². The standard InChI is InChI=1S/C17H19F2N5O2/c1-21(11-5-6-12(18)13(19)9-11)7-4-8-24-16(25)14-15(20-10-22(14)2)23(3)17(24)26/h5-6,9-10H,4,7-8H2,1-3H3. The van der Waals surface area contributed by atoms with Crippen LogP contribution in [0.5, 0.6) is 0 Å². The fourth-order valence-corrected chi connectivity index (χ4v) is 2.91. The molecule has 0 spiro atoms. The Morgan fingerprint density at radius 1 is 1.15 bits per heavy atom. The van der Waals surface area contributed by atoms with Crippen molar-refractivity contribution in [3.05, 3.63) is 57.0 Å². The van der Waals surface area contributed by atoms with Gasteiger partial charge in [0.1, 0.15) is 0 Å². The molecule has 0 N–H and O–H groups in total. The van der Waals surface area contributed by atoms with E-state index in [4.69, 9.17) is 0 Å². The first-order valence-corrected chi connectivity index (χ1v) is 8.08. The first kappa shape index (κ1) is 17.8. The molecule has 0 bridgehead atoms. The predicted molar refractivity (Wildman–Crippen MR) is 94.5 cm³/mol. The molecule has 9 heteroatoms. The van der Waals surface area contributed by atoms with Crippen LogP contribution >= 0.6 is 0 Å². The van der Waals surface area contributed by atoms with Gasteiger partial charge in [0.25, 0.3) is 5.56 Å². The van der Waals surface area contributed by atoms with Crippen LogP contribution in [-0.4, -0.2) is 32.3 Å². The molecule has 3 aromatic rings. The van der Waals surface area contributed by atoms with Crippen molar-refractivity contribution in [2.75, 3.05) is 18.5 Å². The molecule has 0 saturated carbocycles. The Morgan fingerprint density at radius 2 is 1.88 bits per heavy atom. The average molecular weight is 363 g/mol. The summed E-state index contributed by atoms with van der Waals surface area (Å²) in [7, 11) is 5.00. The number of hydrogen-bond donors (Lipinski definition) is 0. The largest absolute Gasteiger partial charge is 0.374 e. The monoisotopic (exact) mass is 363 g/mol. The Morgan fingerprint density at radius 3 is 2.58 bits per heavy atom. The van der Waals surface area contributed by atoms with E-state index in [2.05, 4.69) is 4.98 Å². The van der Waals surface area contributed by atoms with Gasteiger partial charge in [-0.25, -0.2) is 18.6 Å². The zero-order valence-corrected chi connectivity index (χ0v) is 14.7. The molecule has 3 rings (SSSR count). The van der Waals surface area contributed by atoms with Gasteiger partial charge in [-0.1, -0.05) is 0 Å². The lowest BCUT2D eigenvalue weighted by Gasteiger charge is -2.19. The van der Waals surface area contributed by atoms with Gasteiger partial charge in [-0.3, -0.25) is 13.9 Å². The number of rotatable bonds is 5. The van der Waals surface area contributed by atoms with Crippen LogP contribution in [0.15, 0.2) is 34.1 Å². The fraction of sp³-hybridized carbons (Fsp3) is 0.353. The summed E-state index contributed by atoms with van der Waals surface area (Å²) in [5.74, 6) is -1.82. The van der Waals surface area contributed by atoms with Gasteiger partial charge in [-0.2, -0.15) is 0 Å². The van der Waals surface area contributed by atoms with Crippen molar-refractivity contribution in [3.8, 4) is 0 Å². The van der Waals surface area contributed by atoms with E-state index in [1.54, 1.807) is 30.6 Å². The summed E-state index contributed by atoms with van der Waals surface area (Å²) in [6, 6.07) is 3.66. The molecule has 138 valence electrons. The molecule has 7 nitrogen and oxygen atoms in total. The van der Waals surface area contributed by atoms with Gasteiger partial charge in [0, 0.05) is 46.0 Å². The van der Waals surface area contributed by atoms with Gasteiger partial charge in [-0.15, -0.1) is 0 Å². The topological polar surface area (TPSA) is 65.1 Å². The summed E-state index contributed by atoms with van der Waals surface area (Å²) < 4.78 is 30.5. The van der Waals surface area contributed by atoms with E-state index in [1.165, 1.54) is 21.5 Å². The first-order chi connectivity index (χ1) is 12.3. The quantitative estimate of drug-likeness (QED) is 0.684. The van der Waals surface area contributed by atoms with Gasteiger partial charge in [0.05, 0.1) is 6.33 Å². The van der Waals surface area contributed by atoms with E-state index in [0.29, 0.717) is 29.8 Å². The molecule has 0 amide bonds. The second kappa shape index (κ2) is 6.74. The van der Waals surface area contributed by atoms with Crippen LogP contribution in [0, 0.1) is 11.6 Å². The molecule has 0 aliphatic rings. The Hall–Kier alpha value is -2.97. The molecular weight excluding hydrogens is 344 g/mol. The molecule has 0 aliphatic heterocycles. The van der Waals surface area contributed by atoms with Crippen LogP contribution in [0.1, 0.15) is 6.42 Å². The highest BCUT2D eigenvalue weighted by Crippen LogP contribution is 2.16. The van der Waals surface area contributed by atoms with Crippen molar-refractivity contribution >= 4 is 16.9 Å². The highest BCUT2D eigenvalue weighted by Gasteiger charge is 2.15. The van der Waals surface area contributed by atoms with E-state index in [0.717, 1.165) is 12.1 Å². The molecule has 1 aromatic carbocycles. The molecule has 26 heavy (non-hydrogen) atoms. The van der Waals surface area contributed by atoms with Crippen LogP contribution in [0.3, 0.4) is 0 Å². The highest BCUT2D eigenvalue weighted by atomic mass is 19.2. The van der Waals surface area contributed by atoms with Crippen LogP contribution in [0.2, 0.25) is 0 Å². The lowest BCUT2D eigenvalue weighted by atomic mass is 10.2. The Balaban J connectivity index is 1.80. The first-order valence-electron chi connectivity index (χ1n) is 8.08. The van der Waals surface area contributed by atoms with Gasteiger partial charge in [0.2, 0.25) is 0 Å². The van der Waals surface area contributed by atoms with E-state index in [1.807, 2.05) is 0 Å². The number of aryl methyl sites for hydroxylation is 2. The number of imidazole rings is 1. The van der Waals surface area contributed by atoms with Crippen LogP contribution in [-0.2, 0) is 20.6 Å². The number of benzene rings is 1. The zero-order valence-electron chi connectivity index (χ0n) is 14.7. The Bertz CT molecular complexity index is 1080. The highest BCUT2D eigenvalue weighted by molar-refractivity contribution is 5.69. The van der Waals surface area contributed by atoms with Gasteiger partial charge < -0.3 is 9.47 Å². The molecule has 0 unspecified atom stereocenters. The van der Waals surface area contributed by atoms with Crippen molar-refractivity contribution in [3.63, 3.8) is 0 Å². The van der Waals surface area contributed by atoms with Gasteiger partial charge in [-0.05, 0) is 18.6 Å². The van der Waals surface area contributed by atoms with Crippen molar-refractivity contribution in [1.29, 1.82) is 0 Å². The summed E-state index contributed by atoms with van der Waals surface area (Å²) in [5.41, 5.74) is 0.403. The normalized spacial score (nSPS) is 11.3. The smallest absolute Gasteiger partial charge is 0.332 e. The maximum absolute atomic E-state index is 13.3. The molecule has 0 atom stereocenters. The van der Waals surface area contributed by atoms with Crippen molar-refractivity contribution in [2.45, 2.75) is 13.0 Å². The molecule has 2 aromatic heterocycles. The minimum atomic E-state index is -0.916. The summed E-state index contributed by atoms with van der Waals surface area (Å²) in [6.45, 7) is 0.671. The van der Waals surface area contributed by atoms with Crippen LogP contribution in [0.25, 0.3) is 11.2 Å². The van der Waals surface area contributed by atoms with E-state index in [-0.39, 0.29) is 6.54 Å². The van der Waals surface area contributed by atoms with Crippen LogP contribution in [0.4, 0.5) is 14.5 Å². The summed E-state index contributed by atoms with van der Waals surface area (Å²) in [5, 5.41) is 0. The predicted octanol–water partition coefficient (Wildman–Crippen LogP) is 1.24. The molecule has 0 saturated heterocycles. The van der Waals surface area contributed by atoms with Crippen molar-refractivity contribution in [1.82, 2.24) is 18.7 Å². The van der Waals surface area contributed by atoms with E-state index < -0.39 is 22.9 Å². The minimum absolute atomic E-state index is 0.209. The lowest BCUT2D eigenvalue weighted by molar-refractivity contribution is 0.508. The number of fused-ring (bicyclic) bond motifs is 1. The van der Waals surface area contributed by atoms with Crippen molar-refractivity contribution in [2.24, 2.45) is 14.1 Å². The molecular formula is C17H19F2N5O2. The molecule has 0 radical (unpaired) electrons. The number of nitrogens with zero attached hydrogens (tertiary/aromatic N) is 5. The third-order valence-corrected chi connectivity index (χ3v) is 4.42. The van der Waals surface area contributed by atoms with Gasteiger partial charge in [0.15, 0.2) is 22.8 Å². The number of halogens is 2. The minimum Gasteiger partial charge on any atom is -0.374 e. The second-order valence-electron chi connectivity index (χ2n) is 6.20. The van der Waals surface area contributed by atoms with E-state index in [9.17, 15) is 18.4 Å². The zero-order chi connectivity index (χ0) is 19.0. The lowest BCUT2D eigenvalue weighted by Crippen LogP contribution is -2.40. The average Bonchev–Trinajstić information content (AvgIpc) is 3.00. The van der Waals surface area contributed by atoms with Crippen LogP contribution < -0.4 is 16.1 Å². The SMILES string of the molecule is CN(CCCn1c(=O)c2c(ncn2C)n(C)c1=O)c1ccc(F)c(F)c1. The molecule has 0 fully saturated rings. The molecule has 2 heterocycles. The number of anilines is 1. The fourth-order valence-electron chi connectivity index (χ4n) is 2.91. The summed E-state index contributed by atoms with van der Waals surface area (Å²) in [6.07, 6.45) is 1.97.